The number of hydrogen-bond acceptors (Lipinski definition) is 3. The molecule has 0 heterocycles. The molecule has 0 fully saturated rings. The topological polar surface area (TPSA) is 51.2 Å². The molecule has 0 aromatic carbocycles. The Morgan fingerprint density at radius 3 is 1.60 bits per heavy atom. The number of carbonyl (C=O) groups excluding carboxylic acids is 1. The molecule has 0 bridgehead atoms. The van der Waals surface area contributed by atoms with E-state index >= 15 is 0 Å². The maximum atomic E-state index is 9.14. The van der Waals surface area contributed by atoms with E-state index in [1.54, 1.807) is 0 Å². The van der Waals surface area contributed by atoms with Crippen LogP contribution in [0.25, 0.3) is 0 Å². The zero-order chi connectivity index (χ0) is 4.28. The van der Waals surface area contributed by atoms with Crippen LogP contribution in [0.2, 0.25) is 0 Å². The number of hydrogen-bond donors (Lipinski definition) is 0. The molecule has 0 aromatic heterocycles. The van der Waals surface area contributed by atoms with E-state index in [0.717, 1.165) is 0 Å². The third-order valence-corrected chi connectivity index (χ3v) is 0.465. The van der Waals surface area contributed by atoms with E-state index in [0.29, 0.717) is 0 Å². The van der Waals surface area contributed by atoms with Gasteiger partial charge in [0.15, 0.2) is 0 Å². The van der Waals surface area contributed by atoms with E-state index in [9.17, 15) is 0 Å². The molecule has 3 nitrogen and oxygen atoms in total. The first-order chi connectivity index (χ1) is 2.27. The van der Waals surface area contributed by atoms with E-state index in [2.05, 4.69) is 0 Å². The maximum absolute atomic E-state index is 9.14. The molecule has 0 aliphatic carbocycles. The van der Waals surface area contributed by atoms with Crippen LogP contribution in [0.5, 0.6) is 0 Å². The normalized spacial score (nSPS) is 6.40. The molecule has 29 valence electrons. The van der Waals surface area contributed by atoms with Crippen LogP contribution in [0.4, 0.5) is 0 Å². The van der Waals surface area contributed by atoms with Crippen molar-refractivity contribution in [1.82, 2.24) is 0 Å². The number of rotatable bonds is 1. The molecule has 4 heteroatoms. The van der Waals surface area contributed by atoms with Gasteiger partial charge in [0.2, 0.25) is 0 Å². The quantitative estimate of drug-likeness (QED) is 0.380. The summed E-state index contributed by atoms with van der Waals surface area (Å²) in [5.74, 6) is 0. The SMILES string of the molecule is O=[CH][Mo](=[O])=[O]. The molecule has 0 spiro atoms. The Morgan fingerprint density at radius 1 is 1.40 bits per heavy atom. The fraction of sp³-hybridized carbons (Fsp3) is 0. The zero-order valence-electron chi connectivity index (χ0n) is 2.21. The summed E-state index contributed by atoms with van der Waals surface area (Å²) in [6.07, 6.45) is 0. The summed E-state index contributed by atoms with van der Waals surface area (Å²) in [5.41, 5.74) is 0. The predicted molar refractivity (Wildman–Crippen MR) is 8.12 cm³/mol. The fourth-order valence-corrected chi connectivity index (χ4v) is 0. The van der Waals surface area contributed by atoms with Crippen molar-refractivity contribution in [3.8, 4) is 0 Å². The summed E-state index contributed by atoms with van der Waals surface area (Å²) < 4.78 is 18.3. The number of carbonyl (C=O) groups is 1. The molecule has 0 saturated carbocycles. The van der Waals surface area contributed by atoms with Crippen LogP contribution in [0.3, 0.4) is 0 Å². The van der Waals surface area contributed by atoms with Crippen molar-refractivity contribution in [2.75, 3.05) is 0 Å². The summed E-state index contributed by atoms with van der Waals surface area (Å²) >= 11 is -3.56. The van der Waals surface area contributed by atoms with E-state index in [1.165, 1.54) is 0 Å². The summed E-state index contributed by atoms with van der Waals surface area (Å²) in [5, 5.41) is 0. The molecule has 0 saturated heterocycles. The van der Waals surface area contributed by atoms with Crippen molar-refractivity contribution < 1.29 is 28.8 Å². The van der Waals surface area contributed by atoms with Gasteiger partial charge in [-0.15, -0.1) is 0 Å². The second-order valence-corrected chi connectivity index (χ2v) is 2.11. The molecule has 0 aromatic rings. The van der Waals surface area contributed by atoms with Gasteiger partial charge in [-0.3, -0.25) is 0 Å². The average molecular weight is 157 g/mol. The van der Waals surface area contributed by atoms with Crippen LogP contribution >= 0.6 is 0 Å². The van der Waals surface area contributed by atoms with E-state index in [-0.39, 0.29) is 4.68 Å². The molecular weight excluding hydrogens is 156 g/mol. The van der Waals surface area contributed by atoms with Crippen molar-refractivity contribution in [3.63, 3.8) is 0 Å². The first kappa shape index (κ1) is 4.96. The van der Waals surface area contributed by atoms with Crippen molar-refractivity contribution in [3.05, 3.63) is 0 Å². The van der Waals surface area contributed by atoms with E-state index in [1.807, 2.05) is 0 Å². The molecule has 0 aliphatic rings. The molecule has 5 heavy (non-hydrogen) atoms. The molecular formula is CHMoO3. The van der Waals surface area contributed by atoms with Gasteiger partial charge < -0.3 is 0 Å². The Morgan fingerprint density at radius 2 is 1.60 bits per heavy atom. The first-order valence-electron chi connectivity index (χ1n) is 0.805. The van der Waals surface area contributed by atoms with E-state index in [4.69, 9.17) is 11.6 Å². The summed E-state index contributed by atoms with van der Waals surface area (Å²) in [7, 11) is 0. The Balaban J connectivity index is 3.69. The van der Waals surface area contributed by atoms with Crippen LogP contribution < -0.4 is 0 Å². The second kappa shape index (κ2) is 2.21. The first-order valence-corrected chi connectivity index (χ1v) is 3.60. The Hall–Kier alpha value is -0.0417. The molecule has 0 radical (unpaired) electrons. The predicted octanol–water partition coefficient (Wildman–Crippen LogP) is -0.514. The molecule has 0 rings (SSSR count). The van der Waals surface area contributed by atoms with Crippen LogP contribution in [-0.2, 0) is 28.8 Å². The van der Waals surface area contributed by atoms with Gasteiger partial charge in [-0.2, -0.15) is 0 Å². The van der Waals surface area contributed by atoms with Gasteiger partial charge in [0.25, 0.3) is 0 Å². The monoisotopic (exact) mass is 159 g/mol. The minimum absolute atomic E-state index is 0.0244. The fourth-order valence-electron chi connectivity index (χ4n) is 0. The molecule has 0 unspecified atom stereocenters. The Kier molecular flexibility index (Phi) is 2.19. The summed E-state index contributed by atoms with van der Waals surface area (Å²) in [6, 6.07) is 0. The molecule has 0 amide bonds. The van der Waals surface area contributed by atoms with Gasteiger partial charge in [-0.05, 0) is 0 Å². The van der Waals surface area contributed by atoms with Gasteiger partial charge in [-0.25, -0.2) is 0 Å². The zero-order valence-corrected chi connectivity index (χ0v) is 4.22. The molecule has 0 N–H and O–H groups in total. The van der Waals surface area contributed by atoms with E-state index < -0.39 is 17.2 Å². The third kappa shape index (κ3) is 3.96. The van der Waals surface area contributed by atoms with Crippen LogP contribution in [0.1, 0.15) is 0 Å². The van der Waals surface area contributed by atoms with Crippen LogP contribution in [-0.4, -0.2) is 4.68 Å². The van der Waals surface area contributed by atoms with Gasteiger partial charge in [0, 0.05) is 0 Å². The molecule has 0 aliphatic heterocycles. The van der Waals surface area contributed by atoms with Crippen molar-refractivity contribution >= 4 is 4.68 Å². The minimum atomic E-state index is -3.56. The summed E-state index contributed by atoms with van der Waals surface area (Å²) in [6.45, 7) is 0. The van der Waals surface area contributed by atoms with Gasteiger partial charge in [0.1, 0.15) is 0 Å². The average Bonchev–Trinajstić information content (AvgIpc) is 1.38. The van der Waals surface area contributed by atoms with Gasteiger partial charge in [-0.1, -0.05) is 0 Å². The second-order valence-electron chi connectivity index (χ2n) is 0.357. The Bertz CT molecular complexity index is 83.1. The van der Waals surface area contributed by atoms with Crippen molar-refractivity contribution in [2.45, 2.75) is 0 Å². The van der Waals surface area contributed by atoms with Crippen LogP contribution in [0, 0.1) is 0 Å². The van der Waals surface area contributed by atoms with Crippen LogP contribution in [0.15, 0.2) is 0 Å². The summed E-state index contributed by atoms with van der Waals surface area (Å²) in [4.78, 5) is 8.96. The third-order valence-electron chi connectivity index (χ3n) is 0.0786. The van der Waals surface area contributed by atoms with Crippen molar-refractivity contribution in [2.24, 2.45) is 0 Å². The van der Waals surface area contributed by atoms with Crippen molar-refractivity contribution in [1.29, 1.82) is 0 Å². The van der Waals surface area contributed by atoms with Gasteiger partial charge >= 0.3 is 33.5 Å². The van der Waals surface area contributed by atoms with Gasteiger partial charge in [0.05, 0.1) is 0 Å². The molecule has 0 atom stereocenters. The standard InChI is InChI=1S/CHO.Mo.2O/c1-2;;;/h1H;;;. The Labute approximate surface area is 34.2 Å².